The van der Waals surface area contributed by atoms with Crippen LogP contribution in [0.2, 0.25) is 5.02 Å². The van der Waals surface area contributed by atoms with Gasteiger partial charge in [0.15, 0.2) is 0 Å². The Bertz CT molecular complexity index is 652. The molecular weight excluding hydrogens is 296 g/mol. The third-order valence-electron chi connectivity index (χ3n) is 4.02. The number of hydrogen-bond donors (Lipinski definition) is 0. The average Bonchev–Trinajstić information content (AvgIpc) is 3.14. The van der Waals surface area contributed by atoms with E-state index in [4.69, 9.17) is 16.4 Å². The van der Waals surface area contributed by atoms with Crippen molar-refractivity contribution in [3.05, 3.63) is 46.5 Å². The van der Waals surface area contributed by atoms with E-state index in [1.165, 1.54) is 18.7 Å². The quantitative estimate of drug-likeness (QED) is 0.485. The Hall–Kier alpha value is -1.76. The average molecular weight is 315 g/mol. The number of hydrogen-bond acceptors (Lipinski definition) is 3. The molecule has 0 N–H and O–H groups in total. The van der Waals surface area contributed by atoms with Gasteiger partial charge in [-0.1, -0.05) is 28.6 Å². The first kappa shape index (κ1) is 15.1. The van der Waals surface area contributed by atoms with Gasteiger partial charge in [-0.05, 0) is 55.8 Å². The Labute approximate surface area is 136 Å². The van der Waals surface area contributed by atoms with E-state index in [-0.39, 0.29) is 0 Å². The molecule has 4 heteroatoms. The lowest BCUT2D eigenvalue weighted by Gasteiger charge is -2.12. The van der Waals surface area contributed by atoms with Crippen molar-refractivity contribution < 1.29 is 4.84 Å². The van der Waals surface area contributed by atoms with Gasteiger partial charge < -0.3 is 4.84 Å². The Morgan fingerprint density at radius 1 is 1.45 bits per heavy atom. The van der Waals surface area contributed by atoms with Crippen molar-refractivity contribution in [2.24, 2.45) is 11.1 Å². The molecule has 2 unspecified atom stereocenters. The van der Waals surface area contributed by atoms with Crippen molar-refractivity contribution in [1.82, 2.24) is 4.90 Å². The van der Waals surface area contributed by atoms with Gasteiger partial charge in [-0.3, -0.25) is 4.90 Å². The van der Waals surface area contributed by atoms with Crippen LogP contribution in [0.3, 0.4) is 0 Å². The molecule has 0 aliphatic carbocycles. The van der Waals surface area contributed by atoms with E-state index < -0.39 is 0 Å². The van der Waals surface area contributed by atoms with Crippen LogP contribution in [0, 0.1) is 17.8 Å². The Balaban J connectivity index is 1.48. The van der Waals surface area contributed by atoms with Crippen LogP contribution < -0.4 is 0 Å². The van der Waals surface area contributed by atoms with Crippen molar-refractivity contribution in [2.45, 2.75) is 13.3 Å². The maximum Gasteiger partial charge on any atom is 0.136 e. The van der Waals surface area contributed by atoms with Crippen molar-refractivity contribution in [1.29, 1.82) is 0 Å². The molecular formula is C18H19ClN2O. The van der Waals surface area contributed by atoms with Crippen LogP contribution in [-0.4, -0.2) is 36.9 Å². The molecule has 0 aromatic heterocycles. The maximum absolute atomic E-state index is 5.84. The number of benzene rings is 1. The van der Waals surface area contributed by atoms with Crippen molar-refractivity contribution >= 4 is 17.3 Å². The van der Waals surface area contributed by atoms with Crippen molar-refractivity contribution in [3.63, 3.8) is 0 Å². The number of rotatable bonds is 3. The minimum absolute atomic E-state index is 0.470. The summed E-state index contributed by atoms with van der Waals surface area (Å²) in [7, 11) is 0. The lowest BCUT2D eigenvalue weighted by molar-refractivity contribution is 0.171. The van der Waals surface area contributed by atoms with Crippen LogP contribution in [0.1, 0.15) is 18.9 Å². The van der Waals surface area contributed by atoms with Gasteiger partial charge in [0.05, 0.1) is 5.71 Å². The zero-order chi connectivity index (χ0) is 15.4. The van der Waals surface area contributed by atoms with Crippen molar-refractivity contribution in [2.75, 3.05) is 26.2 Å². The van der Waals surface area contributed by atoms with Crippen LogP contribution in [-0.2, 0) is 4.84 Å². The minimum Gasteiger partial charge on any atom is -0.392 e. The minimum atomic E-state index is 0.470. The molecule has 2 atom stereocenters. The second-order valence-electron chi connectivity index (χ2n) is 5.74. The molecule has 3 nitrogen and oxygen atoms in total. The number of fused-ring (bicyclic) bond motifs is 2. The first-order chi connectivity index (χ1) is 10.7. The summed E-state index contributed by atoms with van der Waals surface area (Å²) < 4.78 is 0. The monoisotopic (exact) mass is 314 g/mol. The molecule has 2 heterocycles. The van der Waals surface area contributed by atoms with E-state index in [1.807, 2.05) is 37.3 Å². The normalized spacial score (nSPS) is 25.2. The summed E-state index contributed by atoms with van der Waals surface area (Å²) in [6, 6.07) is 7.51. The first-order valence-electron chi connectivity index (χ1n) is 7.56. The van der Waals surface area contributed by atoms with E-state index >= 15 is 0 Å². The summed E-state index contributed by atoms with van der Waals surface area (Å²) in [6.45, 7) is 5.79. The number of allylic oxidation sites excluding steroid dienone is 1. The summed E-state index contributed by atoms with van der Waals surface area (Å²) in [5.41, 5.74) is 3.13. The predicted octanol–water partition coefficient (Wildman–Crippen LogP) is 3.35. The Kier molecular flexibility index (Phi) is 4.82. The van der Waals surface area contributed by atoms with E-state index in [1.54, 1.807) is 0 Å². The molecule has 1 aromatic carbocycles. The lowest BCUT2D eigenvalue weighted by Crippen LogP contribution is -2.23. The maximum atomic E-state index is 5.84. The fourth-order valence-electron chi connectivity index (χ4n) is 2.75. The molecule has 2 saturated heterocycles. The first-order valence-corrected chi connectivity index (χ1v) is 7.94. The third-order valence-corrected chi connectivity index (χ3v) is 4.28. The van der Waals surface area contributed by atoms with E-state index in [0.29, 0.717) is 12.5 Å². The molecule has 0 spiro atoms. The molecule has 2 aliphatic rings. The van der Waals surface area contributed by atoms with Gasteiger partial charge in [-0.2, -0.15) is 0 Å². The van der Waals surface area contributed by atoms with E-state index in [2.05, 4.69) is 21.9 Å². The van der Waals surface area contributed by atoms with Crippen LogP contribution in [0.25, 0.3) is 0 Å². The van der Waals surface area contributed by atoms with Crippen LogP contribution in [0.4, 0.5) is 0 Å². The van der Waals surface area contributed by atoms with Gasteiger partial charge in [0.1, 0.15) is 6.61 Å². The van der Waals surface area contributed by atoms with Crippen molar-refractivity contribution in [3.8, 4) is 11.8 Å². The summed E-state index contributed by atoms with van der Waals surface area (Å²) in [6.07, 6.45) is 3.18. The highest BCUT2D eigenvalue weighted by molar-refractivity contribution is 6.30. The largest absolute Gasteiger partial charge is 0.392 e. The SMILES string of the molecule is C/C(C#Cc1ccc(Cl)cc1)=C\CO/N=C1\CN2CCC1C2. The van der Waals surface area contributed by atoms with E-state index in [9.17, 15) is 0 Å². The molecule has 22 heavy (non-hydrogen) atoms. The van der Waals surface area contributed by atoms with Gasteiger partial charge in [0.25, 0.3) is 0 Å². The van der Waals surface area contributed by atoms with Gasteiger partial charge in [-0.25, -0.2) is 0 Å². The van der Waals surface area contributed by atoms with E-state index in [0.717, 1.165) is 29.2 Å². The molecule has 2 aliphatic heterocycles. The number of oxime groups is 1. The fraction of sp³-hybridized carbons (Fsp3) is 0.389. The zero-order valence-corrected chi connectivity index (χ0v) is 13.4. The Morgan fingerprint density at radius 3 is 2.95 bits per heavy atom. The molecule has 0 saturated carbocycles. The van der Waals surface area contributed by atoms with Gasteiger partial charge in [0, 0.05) is 29.6 Å². The molecule has 2 fully saturated rings. The summed E-state index contributed by atoms with van der Waals surface area (Å²) in [5.74, 6) is 6.83. The highest BCUT2D eigenvalue weighted by Gasteiger charge is 2.35. The smallest absolute Gasteiger partial charge is 0.136 e. The second kappa shape index (κ2) is 7.00. The standard InChI is InChI=1S/C18H19ClN2O/c1-14(2-3-15-4-6-17(19)7-5-15)9-11-22-20-18-13-21-10-8-16(18)12-21/h4-7,9,16H,8,10-13H2,1H3/b14-9+,20-18+. The van der Waals surface area contributed by atoms with Gasteiger partial charge in [-0.15, -0.1) is 0 Å². The van der Waals surface area contributed by atoms with Crippen LogP contribution >= 0.6 is 11.6 Å². The van der Waals surface area contributed by atoms with Gasteiger partial charge >= 0.3 is 0 Å². The van der Waals surface area contributed by atoms with Crippen LogP contribution in [0.15, 0.2) is 41.1 Å². The molecule has 0 radical (unpaired) electrons. The number of halogens is 1. The predicted molar refractivity (Wildman–Crippen MR) is 90.0 cm³/mol. The molecule has 1 aromatic rings. The summed E-state index contributed by atoms with van der Waals surface area (Å²) in [4.78, 5) is 7.83. The fourth-order valence-corrected chi connectivity index (χ4v) is 2.87. The highest BCUT2D eigenvalue weighted by Crippen LogP contribution is 2.25. The topological polar surface area (TPSA) is 24.8 Å². The lowest BCUT2D eigenvalue weighted by atomic mass is 10.0. The highest BCUT2D eigenvalue weighted by atomic mass is 35.5. The number of piperidine rings is 1. The number of nitrogens with zero attached hydrogens (tertiary/aromatic N) is 2. The third kappa shape index (κ3) is 3.91. The van der Waals surface area contributed by atoms with Crippen LogP contribution in [0.5, 0.6) is 0 Å². The molecule has 2 bridgehead atoms. The summed E-state index contributed by atoms with van der Waals surface area (Å²) >= 11 is 5.84. The second-order valence-corrected chi connectivity index (χ2v) is 6.18. The van der Waals surface area contributed by atoms with Gasteiger partial charge in [0.2, 0.25) is 0 Å². The molecule has 0 amide bonds. The molecule has 114 valence electrons. The molecule has 3 rings (SSSR count). The summed E-state index contributed by atoms with van der Waals surface area (Å²) in [5, 5.41) is 5.00. The zero-order valence-electron chi connectivity index (χ0n) is 12.7. The Morgan fingerprint density at radius 2 is 2.27 bits per heavy atom.